The molecule has 4 N–H and O–H groups in total. The van der Waals surface area contributed by atoms with Gasteiger partial charge in [-0.2, -0.15) is 4.99 Å². The Morgan fingerprint density at radius 3 is 2.54 bits per heavy atom. The number of para-hydroxylation sites is 1. The molecule has 0 aliphatic heterocycles. The van der Waals surface area contributed by atoms with Crippen LogP contribution in [-0.4, -0.2) is 12.1 Å². The van der Waals surface area contributed by atoms with Crippen LogP contribution in [0.25, 0.3) is 0 Å². The van der Waals surface area contributed by atoms with Crippen LogP contribution in [0.2, 0.25) is 0 Å². The molecule has 0 radical (unpaired) electrons. The molecule has 0 aliphatic rings. The summed E-state index contributed by atoms with van der Waals surface area (Å²) >= 11 is 0. The second-order valence-corrected chi connectivity index (χ2v) is 6.16. The SMILES string of the molecule is NC(c1ccccc1)c1ccccc1NC(=O)NCc1cccc(N=C=O)c1. The van der Waals surface area contributed by atoms with Crippen molar-refractivity contribution in [1.29, 1.82) is 0 Å². The highest BCUT2D eigenvalue weighted by Gasteiger charge is 2.14. The summed E-state index contributed by atoms with van der Waals surface area (Å²) in [7, 11) is 0. The Balaban J connectivity index is 1.68. The molecule has 0 heterocycles. The predicted octanol–water partition coefficient (Wildman–Crippen LogP) is 4.02. The van der Waals surface area contributed by atoms with Crippen molar-refractivity contribution in [2.75, 3.05) is 5.32 Å². The Bertz CT molecular complexity index is 998. The first-order valence-electron chi connectivity index (χ1n) is 8.78. The quantitative estimate of drug-likeness (QED) is 0.450. The van der Waals surface area contributed by atoms with E-state index in [9.17, 15) is 9.59 Å². The molecule has 2 amide bonds. The topological polar surface area (TPSA) is 96.6 Å². The first-order valence-corrected chi connectivity index (χ1v) is 8.78. The molecule has 3 aromatic rings. The van der Waals surface area contributed by atoms with Gasteiger partial charge in [0, 0.05) is 12.2 Å². The minimum absolute atomic E-state index is 0.293. The highest BCUT2D eigenvalue weighted by Crippen LogP contribution is 2.26. The average molecular weight is 372 g/mol. The Morgan fingerprint density at radius 1 is 1.00 bits per heavy atom. The largest absolute Gasteiger partial charge is 0.334 e. The smallest absolute Gasteiger partial charge is 0.319 e. The molecule has 1 unspecified atom stereocenters. The van der Waals surface area contributed by atoms with Gasteiger partial charge >= 0.3 is 6.03 Å². The van der Waals surface area contributed by atoms with Crippen LogP contribution in [0.4, 0.5) is 16.2 Å². The lowest BCUT2D eigenvalue weighted by Crippen LogP contribution is -2.29. The number of aliphatic imine (C=N–C) groups is 1. The van der Waals surface area contributed by atoms with E-state index in [1.165, 1.54) is 6.08 Å². The molecule has 1 atom stereocenters. The standard InChI is InChI=1S/C22H20N4O2/c23-21(17-8-2-1-3-9-17)19-11-4-5-12-20(19)26-22(28)24-14-16-7-6-10-18(13-16)25-15-27/h1-13,21H,14,23H2,(H2,24,26,28). The number of anilines is 1. The van der Waals surface area contributed by atoms with Crippen molar-refractivity contribution >= 4 is 23.5 Å². The summed E-state index contributed by atoms with van der Waals surface area (Å²) in [6.07, 6.45) is 1.50. The van der Waals surface area contributed by atoms with Gasteiger partial charge < -0.3 is 16.4 Å². The molecule has 140 valence electrons. The highest BCUT2D eigenvalue weighted by atomic mass is 16.2. The lowest BCUT2D eigenvalue weighted by Gasteiger charge is -2.17. The Kier molecular flexibility index (Phi) is 6.31. The van der Waals surface area contributed by atoms with Crippen LogP contribution in [0.15, 0.2) is 83.9 Å². The summed E-state index contributed by atoms with van der Waals surface area (Å²) in [5.41, 5.74) is 10.1. The molecule has 0 aromatic heterocycles. The number of carbonyl (C=O) groups excluding carboxylic acids is 2. The number of carbonyl (C=O) groups is 1. The van der Waals surface area contributed by atoms with Gasteiger partial charge in [-0.15, -0.1) is 0 Å². The fourth-order valence-corrected chi connectivity index (χ4v) is 2.86. The zero-order valence-corrected chi connectivity index (χ0v) is 15.1. The Labute approximate surface area is 163 Å². The van der Waals surface area contributed by atoms with E-state index in [0.29, 0.717) is 17.9 Å². The molecule has 0 aliphatic carbocycles. The van der Waals surface area contributed by atoms with Crippen molar-refractivity contribution < 1.29 is 9.59 Å². The molecule has 6 nitrogen and oxygen atoms in total. The summed E-state index contributed by atoms with van der Waals surface area (Å²) in [5, 5.41) is 5.65. The zero-order valence-electron chi connectivity index (χ0n) is 15.1. The second kappa shape index (κ2) is 9.28. The summed E-state index contributed by atoms with van der Waals surface area (Å²) in [5.74, 6) is 0. The molecular formula is C22H20N4O2. The number of nitrogens with zero attached hydrogens (tertiary/aromatic N) is 1. The van der Waals surface area contributed by atoms with Crippen molar-refractivity contribution in [2.24, 2.45) is 10.7 Å². The van der Waals surface area contributed by atoms with E-state index >= 15 is 0 Å². The molecule has 3 rings (SSSR count). The van der Waals surface area contributed by atoms with Gasteiger partial charge in [0.15, 0.2) is 0 Å². The van der Waals surface area contributed by atoms with Crippen LogP contribution in [0.3, 0.4) is 0 Å². The number of hydrogen-bond donors (Lipinski definition) is 3. The van der Waals surface area contributed by atoms with Crippen molar-refractivity contribution in [1.82, 2.24) is 5.32 Å². The van der Waals surface area contributed by atoms with Gasteiger partial charge in [-0.1, -0.05) is 60.7 Å². The van der Waals surface area contributed by atoms with E-state index in [0.717, 1.165) is 16.7 Å². The number of hydrogen-bond acceptors (Lipinski definition) is 4. The van der Waals surface area contributed by atoms with Gasteiger partial charge in [-0.05, 0) is 34.9 Å². The number of benzene rings is 3. The van der Waals surface area contributed by atoms with Crippen molar-refractivity contribution in [3.8, 4) is 0 Å². The molecule has 3 aromatic carbocycles. The molecule has 0 saturated carbocycles. The van der Waals surface area contributed by atoms with Crippen LogP contribution in [0.5, 0.6) is 0 Å². The molecule has 0 saturated heterocycles. The van der Waals surface area contributed by atoms with Gasteiger partial charge in [-0.25, -0.2) is 9.59 Å². The molecule has 0 fully saturated rings. The maximum atomic E-state index is 12.4. The zero-order chi connectivity index (χ0) is 19.8. The van der Waals surface area contributed by atoms with Gasteiger partial charge in [0.2, 0.25) is 6.08 Å². The van der Waals surface area contributed by atoms with E-state index in [4.69, 9.17) is 5.73 Å². The van der Waals surface area contributed by atoms with E-state index in [1.54, 1.807) is 18.2 Å². The third kappa shape index (κ3) is 4.92. The van der Waals surface area contributed by atoms with Crippen LogP contribution in [0, 0.1) is 0 Å². The fraction of sp³-hybridized carbons (Fsp3) is 0.0909. The van der Waals surface area contributed by atoms with E-state index in [1.807, 2.05) is 60.7 Å². The second-order valence-electron chi connectivity index (χ2n) is 6.16. The van der Waals surface area contributed by atoms with Crippen molar-refractivity contribution in [3.05, 3.63) is 95.6 Å². The van der Waals surface area contributed by atoms with Gasteiger partial charge in [0.1, 0.15) is 0 Å². The third-order valence-corrected chi connectivity index (χ3v) is 4.24. The molecule has 6 heteroatoms. The van der Waals surface area contributed by atoms with Crippen molar-refractivity contribution in [2.45, 2.75) is 12.6 Å². The summed E-state index contributed by atoms with van der Waals surface area (Å²) < 4.78 is 0. The number of nitrogens with one attached hydrogen (secondary N) is 2. The van der Waals surface area contributed by atoms with Crippen molar-refractivity contribution in [3.63, 3.8) is 0 Å². The van der Waals surface area contributed by atoms with Gasteiger partial charge in [0.05, 0.1) is 11.7 Å². The van der Waals surface area contributed by atoms with Crippen LogP contribution in [-0.2, 0) is 11.3 Å². The molecule has 28 heavy (non-hydrogen) atoms. The summed E-state index contributed by atoms with van der Waals surface area (Å²) in [6.45, 7) is 0.293. The minimum atomic E-state index is -0.351. The first kappa shape index (κ1) is 19.0. The highest BCUT2D eigenvalue weighted by molar-refractivity contribution is 5.90. The minimum Gasteiger partial charge on any atom is -0.334 e. The monoisotopic (exact) mass is 372 g/mol. The fourth-order valence-electron chi connectivity index (χ4n) is 2.86. The van der Waals surface area contributed by atoms with Gasteiger partial charge in [0.25, 0.3) is 0 Å². The first-order chi connectivity index (χ1) is 13.7. The number of nitrogens with two attached hydrogens (primary N) is 1. The summed E-state index contributed by atoms with van der Waals surface area (Å²) in [4.78, 5) is 26.3. The Morgan fingerprint density at radius 2 is 1.75 bits per heavy atom. The molecule has 0 bridgehead atoms. The van der Waals surface area contributed by atoms with Crippen LogP contribution < -0.4 is 16.4 Å². The lowest BCUT2D eigenvalue weighted by molar-refractivity contribution is 0.251. The van der Waals surface area contributed by atoms with E-state index in [-0.39, 0.29) is 12.1 Å². The lowest BCUT2D eigenvalue weighted by atomic mass is 9.98. The number of isocyanates is 1. The predicted molar refractivity (Wildman–Crippen MR) is 109 cm³/mol. The van der Waals surface area contributed by atoms with Crippen LogP contribution >= 0.6 is 0 Å². The summed E-state index contributed by atoms with van der Waals surface area (Å²) in [6, 6.07) is 23.5. The normalized spacial score (nSPS) is 11.2. The number of urea groups is 1. The Hall–Kier alpha value is -3.73. The van der Waals surface area contributed by atoms with E-state index in [2.05, 4.69) is 15.6 Å². The third-order valence-electron chi connectivity index (χ3n) is 4.24. The molecule has 0 spiro atoms. The number of amides is 2. The van der Waals surface area contributed by atoms with Crippen LogP contribution in [0.1, 0.15) is 22.7 Å². The average Bonchev–Trinajstić information content (AvgIpc) is 2.73. The number of rotatable bonds is 6. The maximum Gasteiger partial charge on any atom is 0.319 e. The molecular weight excluding hydrogens is 352 g/mol. The van der Waals surface area contributed by atoms with E-state index < -0.39 is 0 Å². The maximum absolute atomic E-state index is 12.4. The van der Waals surface area contributed by atoms with Gasteiger partial charge in [-0.3, -0.25) is 0 Å².